The second-order valence-corrected chi connectivity index (χ2v) is 11.0. The van der Waals surface area contributed by atoms with Crippen molar-refractivity contribution >= 4 is 76.8 Å². The predicted molar refractivity (Wildman–Crippen MR) is 137 cm³/mol. The normalized spacial score (nSPS) is 24.1. The molecule has 192 valence electrons. The zero-order chi connectivity index (χ0) is 25.7. The number of thioether (sulfide) groups is 2. The molecule has 3 amide bonds. The molecular weight excluding hydrogens is 531 g/mol. The Hall–Kier alpha value is -2.13. The van der Waals surface area contributed by atoms with Gasteiger partial charge in [0.05, 0.1) is 5.75 Å². The van der Waals surface area contributed by atoms with Crippen LogP contribution in [0.1, 0.15) is 25.0 Å². The van der Waals surface area contributed by atoms with Crippen LogP contribution in [0.3, 0.4) is 0 Å². The van der Waals surface area contributed by atoms with Crippen LogP contribution in [-0.2, 0) is 26.2 Å². The molecule has 3 fully saturated rings. The fourth-order valence-electron chi connectivity index (χ4n) is 4.49. The van der Waals surface area contributed by atoms with E-state index in [1.165, 1.54) is 21.3 Å². The molecule has 37 heavy (non-hydrogen) atoms. The molecule has 3 aliphatic heterocycles. The van der Waals surface area contributed by atoms with Gasteiger partial charge in [-0.2, -0.15) is 10.1 Å². The number of β-lactam (4-membered cyclic amide) rings is 1. The number of amides is 3. The van der Waals surface area contributed by atoms with Crippen LogP contribution in [-0.4, -0.2) is 118 Å². The number of carboxylic acids is 1. The van der Waals surface area contributed by atoms with E-state index in [4.69, 9.17) is 0 Å². The van der Waals surface area contributed by atoms with Crippen LogP contribution in [0.15, 0.2) is 32.9 Å². The minimum absolute atomic E-state index is 0. The van der Waals surface area contributed by atoms with Gasteiger partial charge in [0.2, 0.25) is 11.8 Å². The molecule has 0 spiro atoms. The van der Waals surface area contributed by atoms with Gasteiger partial charge in [-0.15, -0.1) is 11.8 Å². The first-order valence-corrected chi connectivity index (χ1v) is 13.5. The number of nitrogens with one attached hydrogen (secondary N) is 1. The van der Waals surface area contributed by atoms with Crippen LogP contribution >= 0.6 is 23.5 Å². The minimum atomic E-state index is -1.25. The average Bonchev–Trinajstić information content (AvgIpc) is 3.62. The Labute approximate surface area is 242 Å². The Morgan fingerprint density at radius 1 is 1.27 bits per heavy atom. The van der Waals surface area contributed by atoms with Crippen LogP contribution in [0.5, 0.6) is 0 Å². The average molecular weight is 557 g/mol. The van der Waals surface area contributed by atoms with Crippen LogP contribution in [0.2, 0.25) is 0 Å². The van der Waals surface area contributed by atoms with Crippen LogP contribution in [0.4, 0.5) is 0 Å². The molecule has 1 aliphatic carbocycles. The summed E-state index contributed by atoms with van der Waals surface area (Å²) >= 11 is 2.36. The third-order valence-electron chi connectivity index (χ3n) is 6.43. The van der Waals surface area contributed by atoms with Crippen molar-refractivity contribution in [2.45, 2.75) is 48.8 Å². The second kappa shape index (κ2) is 10.9. The number of carbonyl (C=O) groups excluding carboxylic acids is 3. The third-order valence-corrected chi connectivity index (χ3v) is 8.75. The summed E-state index contributed by atoms with van der Waals surface area (Å²) in [6, 6.07) is -0.568. The van der Waals surface area contributed by atoms with Gasteiger partial charge >= 0.3 is 35.5 Å². The van der Waals surface area contributed by atoms with Crippen molar-refractivity contribution in [2.75, 3.05) is 18.1 Å². The Balaban J connectivity index is 0.00000320. The van der Waals surface area contributed by atoms with Crippen molar-refractivity contribution in [1.29, 1.82) is 0 Å². The maximum absolute atomic E-state index is 12.9. The van der Waals surface area contributed by atoms with Gasteiger partial charge in [0, 0.05) is 31.0 Å². The van der Waals surface area contributed by atoms with Gasteiger partial charge in [0.15, 0.2) is 5.16 Å². The van der Waals surface area contributed by atoms with Gasteiger partial charge in [0.1, 0.15) is 22.8 Å². The molecule has 5 rings (SSSR count). The van der Waals surface area contributed by atoms with E-state index in [0.717, 1.165) is 24.6 Å². The number of carboxylic acid groups (broad SMARTS) is 1. The molecular formula is C22H25N6NaO6S2. The van der Waals surface area contributed by atoms with E-state index < -0.39 is 34.8 Å². The SMILES string of the molecule is Cc1nn(C)c(SCC(=O)N[C@@H]2C(=O)N3C(C(=O)O)=C(/C=C4\CCN(C5CC5)C4=O)CS[C@H]23)nc1=O.[NaH]. The number of aliphatic carboxylic acids is 1. The van der Waals surface area contributed by atoms with Crippen LogP contribution < -0.4 is 10.9 Å². The van der Waals surface area contributed by atoms with Crippen molar-refractivity contribution in [2.24, 2.45) is 7.05 Å². The van der Waals surface area contributed by atoms with Gasteiger partial charge in [-0.05, 0) is 37.8 Å². The Morgan fingerprint density at radius 3 is 2.68 bits per heavy atom. The van der Waals surface area contributed by atoms with Crippen molar-refractivity contribution in [1.82, 2.24) is 29.9 Å². The molecule has 4 heterocycles. The second-order valence-electron chi connectivity index (χ2n) is 8.98. The Morgan fingerprint density at radius 2 is 2.00 bits per heavy atom. The topological polar surface area (TPSA) is 155 Å². The summed E-state index contributed by atoms with van der Waals surface area (Å²) in [5.41, 5.74) is 0.627. The summed E-state index contributed by atoms with van der Waals surface area (Å²) in [7, 11) is 1.61. The first-order valence-electron chi connectivity index (χ1n) is 11.4. The zero-order valence-electron chi connectivity index (χ0n) is 19.6. The number of aromatic nitrogens is 3. The predicted octanol–water partition coefficient (Wildman–Crippen LogP) is -1.01. The van der Waals surface area contributed by atoms with Gasteiger partial charge in [-0.25, -0.2) is 9.48 Å². The molecule has 4 aliphatic rings. The third kappa shape index (κ3) is 5.39. The number of allylic oxidation sites excluding steroid dienone is 1. The molecule has 0 aromatic carbocycles. The van der Waals surface area contributed by atoms with E-state index in [0.29, 0.717) is 35.9 Å². The molecule has 1 aromatic rings. The summed E-state index contributed by atoms with van der Waals surface area (Å²) in [5, 5.41) is 16.3. The van der Waals surface area contributed by atoms with Gasteiger partial charge in [-0.3, -0.25) is 24.1 Å². The fourth-order valence-corrected chi connectivity index (χ4v) is 6.51. The molecule has 0 radical (unpaired) electrons. The summed E-state index contributed by atoms with van der Waals surface area (Å²) in [4.78, 5) is 68.8. The van der Waals surface area contributed by atoms with E-state index in [1.807, 2.05) is 4.90 Å². The zero-order valence-corrected chi connectivity index (χ0v) is 21.2. The monoisotopic (exact) mass is 556 g/mol. The molecule has 1 saturated carbocycles. The van der Waals surface area contributed by atoms with E-state index in [1.54, 1.807) is 20.0 Å². The summed E-state index contributed by atoms with van der Waals surface area (Å²) in [6.07, 6.45) is 4.19. The number of carbonyl (C=O) groups is 4. The van der Waals surface area contributed by atoms with Crippen LogP contribution in [0.25, 0.3) is 0 Å². The molecule has 0 bridgehead atoms. The molecule has 2 saturated heterocycles. The Kier molecular flexibility index (Phi) is 8.24. The van der Waals surface area contributed by atoms with E-state index in [9.17, 15) is 29.1 Å². The number of likely N-dealkylation sites (tertiary alicyclic amines) is 1. The van der Waals surface area contributed by atoms with E-state index >= 15 is 0 Å². The number of fused-ring (bicyclic) bond motifs is 1. The van der Waals surface area contributed by atoms with E-state index in [-0.39, 0.29) is 57.8 Å². The van der Waals surface area contributed by atoms with Crippen molar-refractivity contribution in [3.05, 3.63) is 39.0 Å². The molecule has 2 atom stereocenters. The molecule has 1 aromatic heterocycles. The van der Waals surface area contributed by atoms with Gasteiger partial charge in [0.25, 0.3) is 11.5 Å². The number of hydrogen-bond acceptors (Lipinski definition) is 9. The number of aryl methyl sites for hydroxylation is 2. The summed E-state index contributed by atoms with van der Waals surface area (Å²) in [5.74, 6) is -2.06. The summed E-state index contributed by atoms with van der Waals surface area (Å²) < 4.78 is 1.40. The van der Waals surface area contributed by atoms with Gasteiger partial charge in [-0.1, -0.05) is 11.8 Å². The van der Waals surface area contributed by atoms with Gasteiger partial charge < -0.3 is 15.3 Å². The fraction of sp³-hybridized carbons (Fsp3) is 0.500. The standard InChI is InChI=1S/C22H24N6O6S2.Na.H/c1-10-17(30)24-22(26(2)25-10)36-9-14(29)23-15-19(32)28-16(21(33)34)12(8-35-20(15)28)7-11-5-6-27(18(11)31)13-3-4-13;;/h7,13,15,20H,3-6,8-9H2,1-2H3,(H,23,29)(H,33,34);;/b11-7+;;/t15-,20-;;/m1../s1. The summed E-state index contributed by atoms with van der Waals surface area (Å²) in [6.45, 7) is 2.18. The number of rotatable bonds is 7. The molecule has 0 unspecified atom stereocenters. The molecule has 15 heteroatoms. The van der Waals surface area contributed by atoms with Crippen LogP contribution in [0, 0.1) is 6.92 Å². The number of nitrogens with zero attached hydrogens (tertiary/aromatic N) is 5. The quantitative estimate of drug-likeness (QED) is 0.185. The first kappa shape index (κ1) is 27.9. The van der Waals surface area contributed by atoms with E-state index in [2.05, 4.69) is 15.4 Å². The number of hydrogen-bond donors (Lipinski definition) is 2. The molecule has 2 N–H and O–H groups in total. The maximum atomic E-state index is 12.9. The van der Waals surface area contributed by atoms with Crippen molar-refractivity contribution < 1.29 is 24.3 Å². The van der Waals surface area contributed by atoms with Crippen molar-refractivity contribution in [3.63, 3.8) is 0 Å². The molecule has 12 nitrogen and oxygen atoms in total. The van der Waals surface area contributed by atoms with Crippen molar-refractivity contribution in [3.8, 4) is 0 Å². The Bertz CT molecular complexity index is 1310. The first-order chi connectivity index (χ1) is 17.2.